The maximum absolute atomic E-state index is 12.5. The van der Waals surface area contributed by atoms with Crippen LogP contribution in [0.4, 0.5) is 0 Å². The Morgan fingerprint density at radius 1 is 0.742 bits per heavy atom. The Bertz CT molecular complexity index is 1430. The summed E-state index contributed by atoms with van der Waals surface area (Å²) in [7, 11) is -8.59. The molecule has 0 aromatic heterocycles. The molecule has 0 amide bonds. The molecule has 10 heteroatoms. The maximum Gasteiger partial charge on any atom is 0.343 e. The van der Waals surface area contributed by atoms with E-state index in [0.29, 0.717) is 0 Å². The lowest BCUT2D eigenvalue weighted by atomic mass is 10.1. The molecular formula is C21H13O8S2-. The van der Waals surface area contributed by atoms with E-state index in [-0.39, 0.29) is 22.6 Å². The summed E-state index contributed by atoms with van der Waals surface area (Å²) in [6, 6.07) is 11.9. The Kier molecular flexibility index (Phi) is 5.03. The fourth-order valence-corrected chi connectivity index (χ4v) is 5.05. The number of allylic oxidation sites excluding steroid dienone is 6. The van der Waals surface area contributed by atoms with Crippen molar-refractivity contribution in [3.05, 3.63) is 99.8 Å². The van der Waals surface area contributed by atoms with E-state index in [1.165, 1.54) is 42.5 Å². The molecule has 2 aliphatic heterocycles. The third-order valence-electron chi connectivity index (χ3n) is 4.37. The highest BCUT2D eigenvalue weighted by atomic mass is 32.2. The van der Waals surface area contributed by atoms with Crippen LogP contribution in [0.15, 0.2) is 88.7 Å². The Balaban J connectivity index is 1.62. The van der Waals surface area contributed by atoms with Gasteiger partial charge in [-0.3, -0.25) is 4.79 Å². The van der Waals surface area contributed by atoms with E-state index in [9.17, 15) is 26.7 Å². The number of hydrogen-bond donors (Lipinski definition) is 0. The minimum atomic E-state index is -4.29. The molecule has 0 saturated carbocycles. The molecule has 31 heavy (non-hydrogen) atoms. The first-order valence-electron chi connectivity index (χ1n) is 8.79. The van der Waals surface area contributed by atoms with Gasteiger partial charge in [-0.1, -0.05) is 54.3 Å². The van der Waals surface area contributed by atoms with E-state index in [1.54, 1.807) is 24.3 Å². The van der Waals surface area contributed by atoms with Crippen molar-refractivity contribution in [2.75, 3.05) is 0 Å². The zero-order valence-corrected chi connectivity index (χ0v) is 17.2. The van der Waals surface area contributed by atoms with Gasteiger partial charge in [-0.05, 0) is 30.4 Å². The average Bonchev–Trinajstić information content (AvgIpc) is 2.71. The van der Waals surface area contributed by atoms with Crippen LogP contribution < -0.4 is 13.5 Å². The first-order chi connectivity index (χ1) is 14.7. The van der Waals surface area contributed by atoms with Crippen LogP contribution in [-0.4, -0.2) is 22.6 Å². The van der Waals surface area contributed by atoms with Gasteiger partial charge in [0.25, 0.3) is 0 Å². The Morgan fingerprint density at radius 3 is 2.03 bits per heavy atom. The van der Waals surface area contributed by atoms with Crippen LogP contribution in [0.2, 0.25) is 0 Å². The van der Waals surface area contributed by atoms with E-state index in [4.69, 9.17) is 8.37 Å². The van der Waals surface area contributed by atoms with Gasteiger partial charge in [0.1, 0.15) is 5.75 Å². The first-order valence-corrected chi connectivity index (χ1v) is 11.6. The van der Waals surface area contributed by atoms with Gasteiger partial charge in [-0.25, -0.2) is 0 Å². The number of carbonyl (C=O) groups is 1. The standard InChI is InChI=1S/C21H14O8S2/c22-20-14-8-4-6-10-16(14)28-30(24,25)18(20)12-2-1-3-13-19-21(23)15-9-5-7-11-17(15)29-31(19,26)27/h1-13,22H/p-1/b3-1?,12-2?,19-13-. The highest BCUT2D eigenvalue weighted by molar-refractivity contribution is 7.92. The molecule has 0 saturated heterocycles. The molecular weight excluding hydrogens is 444 g/mol. The summed E-state index contributed by atoms with van der Waals surface area (Å²) in [5.41, 5.74) is 0.218. The lowest BCUT2D eigenvalue weighted by molar-refractivity contribution is -0.244. The van der Waals surface area contributed by atoms with Crippen molar-refractivity contribution < 1.29 is 35.1 Å². The van der Waals surface area contributed by atoms with Crippen molar-refractivity contribution in [2.45, 2.75) is 0 Å². The molecule has 2 aromatic rings. The van der Waals surface area contributed by atoms with Gasteiger partial charge in [0.15, 0.2) is 10.7 Å². The summed E-state index contributed by atoms with van der Waals surface area (Å²) < 4.78 is 58.6. The minimum absolute atomic E-state index is 0.0498. The van der Waals surface area contributed by atoms with Crippen LogP contribution >= 0.6 is 0 Å². The van der Waals surface area contributed by atoms with Crippen LogP contribution in [-0.2, 0) is 20.2 Å². The normalized spacial score (nSPS) is 20.4. The fraction of sp³-hybridized carbons (Fsp3) is 0. The molecule has 0 atom stereocenters. The van der Waals surface area contributed by atoms with E-state index < -0.39 is 41.6 Å². The molecule has 0 radical (unpaired) electrons. The number of fused-ring (bicyclic) bond motifs is 2. The number of ketones is 1. The average molecular weight is 457 g/mol. The largest absolute Gasteiger partial charge is 0.871 e. The van der Waals surface area contributed by atoms with E-state index in [1.807, 2.05) is 0 Å². The van der Waals surface area contributed by atoms with Gasteiger partial charge in [0.05, 0.1) is 10.5 Å². The third kappa shape index (κ3) is 3.78. The molecule has 2 aliphatic rings. The van der Waals surface area contributed by atoms with Gasteiger partial charge in [-0.15, -0.1) is 0 Å². The molecule has 2 heterocycles. The van der Waals surface area contributed by atoms with Crippen molar-refractivity contribution >= 4 is 31.8 Å². The SMILES string of the molecule is O=C1/C(=C/C=CC=CC2=C([O-])c3ccccc3OS2(=O)=O)S(=O)(=O)Oc2ccccc21. The van der Waals surface area contributed by atoms with E-state index >= 15 is 0 Å². The van der Waals surface area contributed by atoms with Crippen molar-refractivity contribution in [3.63, 3.8) is 0 Å². The van der Waals surface area contributed by atoms with Crippen LogP contribution in [0.25, 0.3) is 5.76 Å². The Labute approximate surface area is 178 Å². The van der Waals surface area contributed by atoms with Crippen LogP contribution in [0.3, 0.4) is 0 Å². The zero-order chi connectivity index (χ0) is 22.2. The maximum atomic E-state index is 12.5. The van der Waals surface area contributed by atoms with Gasteiger partial charge in [-0.2, -0.15) is 16.8 Å². The van der Waals surface area contributed by atoms with Crippen LogP contribution in [0, 0.1) is 0 Å². The summed E-state index contributed by atoms with van der Waals surface area (Å²) >= 11 is 0. The number of rotatable bonds is 3. The topological polar surface area (TPSA) is 127 Å². The van der Waals surface area contributed by atoms with Gasteiger partial charge >= 0.3 is 20.2 Å². The smallest absolute Gasteiger partial charge is 0.343 e. The monoisotopic (exact) mass is 457 g/mol. The number of carbonyl (C=O) groups excluding carboxylic acids is 1. The molecule has 0 spiro atoms. The molecule has 0 fully saturated rings. The summed E-state index contributed by atoms with van der Waals surface area (Å²) in [6.45, 7) is 0. The summed E-state index contributed by atoms with van der Waals surface area (Å²) in [4.78, 5) is 11.3. The Morgan fingerprint density at radius 2 is 1.32 bits per heavy atom. The predicted molar refractivity (Wildman–Crippen MR) is 110 cm³/mol. The highest BCUT2D eigenvalue weighted by Gasteiger charge is 2.35. The molecule has 4 rings (SSSR count). The van der Waals surface area contributed by atoms with Crippen molar-refractivity contribution in [1.82, 2.24) is 0 Å². The van der Waals surface area contributed by atoms with E-state index in [2.05, 4.69) is 0 Å². The molecule has 158 valence electrons. The van der Waals surface area contributed by atoms with E-state index in [0.717, 1.165) is 12.2 Å². The van der Waals surface area contributed by atoms with Crippen LogP contribution in [0.1, 0.15) is 15.9 Å². The second-order valence-electron chi connectivity index (χ2n) is 6.36. The highest BCUT2D eigenvalue weighted by Crippen LogP contribution is 2.34. The predicted octanol–water partition coefficient (Wildman–Crippen LogP) is 2.04. The summed E-state index contributed by atoms with van der Waals surface area (Å²) in [6.07, 6.45) is 5.77. The summed E-state index contributed by atoms with van der Waals surface area (Å²) in [5.74, 6) is -1.54. The minimum Gasteiger partial charge on any atom is -0.871 e. The van der Waals surface area contributed by atoms with Crippen molar-refractivity contribution in [2.24, 2.45) is 0 Å². The van der Waals surface area contributed by atoms with Gasteiger partial charge in [0.2, 0.25) is 5.78 Å². The quantitative estimate of drug-likeness (QED) is 0.389. The summed E-state index contributed by atoms with van der Waals surface area (Å²) in [5, 5.41) is 12.5. The molecule has 0 N–H and O–H groups in total. The van der Waals surface area contributed by atoms with Crippen molar-refractivity contribution in [1.29, 1.82) is 0 Å². The number of hydrogen-bond acceptors (Lipinski definition) is 8. The lowest BCUT2D eigenvalue weighted by Crippen LogP contribution is -2.25. The second kappa shape index (κ2) is 7.56. The molecule has 0 aliphatic carbocycles. The van der Waals surface area contributed by atoms with Crippen LogP contribution in [0.5, 0.6) is 11.5 Å². The second-order valence-corrected chi connectivity index (χ2v) is 9.39. The zero-order valence-electron chi connectivity index (χ0n) is 15.6. The van der Waals surface area contributed by atoms with Gasteiger partial charge < -0.3 is 13.5 Å². The molecule has 0 unspecified atom stereocenters. The lowest BCUT2D eigenvalue weighted by Gasteiger charge is -2.25. The first kappa shape index (κ1) is 20.6. The number of benzene rings is 2. The Hall–Kier alpha value is -3.63. The fourth-order valence-electron chi connectivity index (χ4n) is 2.94. The number of para-hydroxylation sites is 2. The molecule has 0 bridgehead atoms. The molecule has 8 nitrogen and oxygen atoms in total. The third-order valence-corrected chi connectivity index (χ3v) is 6.88. The van der Waals surface area contributed by atoms with Gasteiger partial charge in [0, 0.05) is 5.56 Å². The number of Topliss-reactive ketones (excluding diaryl/α,β-unsaturated/α-hetero) is 1. The van der Waals surface area contributed by atoms with Crippen molar-refractivity contribution in [3.8, 4) is 11.5 Å². The molecule has 2 aromatic carbocycles.